The third kappa shape index (κ3) is 3.63. The van der Waals surface area contributed by atoms with Crippen LogP contribution in [0.25, 0.3) is 5.69 Å². The molecule has 0 N–H and O–H groups in total. The van der Waals surface area contributed by atoms with Crippen molar-refractivity contribution in [1.82, 2.24) is 25.1 Å². The quantitative estimate of drug-likeness (QED) is 0.731. The van der Waals surface area contributed by atoms with E-state index in [1.807, 2.05) is 0 Å². The molecule has 9 heteroatoms. The molecule has 2 heterocycles. The van der Waals surface area contributed by atoms with Crippen LogP contribution >= 0.6 is 11.3 Å². The van der Waals surface area contributed by atoms with Gasteiger partial charge in [0.2, 0.25) is 0 Å². The molecule has 0 saturated carbocycles. The summed E-state index contributed by atoms with van der Waals surface area (Å²) in [5, 5.41) is 12.7. The number of rotatable bonds is 6. The average molecular weight is 309 g/mol. The minimum atomic E-state index is -0.316. The molecule has 8 nitrogen and oxygen atoms in total. The Labute approximate surface area is 125 Å². The van der Waals surface area contributed by atoms with Crippen LogP contribution in [-0.4, -0.2) is 57.2 Å². The molecule has 0 aromatic carbocycles. The number of hydrogen-bond donors (Lipinski definition) is 0. The first kappa shape index (κ1) is 15.1. The number of aromatic nitrogens is 4. The predicted octanol–water partition coefficient (Wildman–Crippen LogP) is 0.749. The second-order valence-electron chi connectivity index (χ2n) is 4.17. The topological polar surface area (TPSA) is 90.2 Å². The van der Waals surface area contributed by atoms with Gasteiger partial charge in [0, 0.05) is 13.6 Å². The molecular formula is C12H15N5O3S. The molecular weight excluding hydrogens is 294 g/mol. The molecule has 0 aliphatic carbocycles. The Morgan fingerprint density at radius 2 is 2.29 bits per heavy atom. The first-order chi connectivity index (χ1) is 10.1. The lowest BCUT2D eigenvalue weighted by Gasteiger charge is -2.16. The Hall–Kier alpha value is -2.29. The highest BCUT2D eigenvalue weighted by Crippen LogP contribution is 2.21. The van der Waals surface area contributed by atoms with E-state index in [2.05, 4.69) is 15.5 Å². The maximum atomic E-state index is 12.4. The molecule has 0 bridgehead atoms. The number of tetrazole rings is 1. The van der Waals surface area contributed by atoms with E-state index in [0.717, 1.165) is 0 Å². The van der Waals surface area contributed by atoms with E-state index < -0.39 is 0 Å². The van der Waals surface area contributed by atoms with Crippen LogP contribution in [-0.2, 0) is 9.53 Å². The predicted molar refractivity (Wildman–Crippen MR) is 75.2 cm³/mol. The maximum absolute atomic E-state index is 12.4. The van der Waals surface area contributed by atoms with Gasteiger partial charge in [0.1, 0.15) is 11.2 Å². The fraction of sp³-hybridized carbons (Fsp3) is 0.417. The Bertz CT molecular complexity index is 610. The van der Waals surface area contributed by atoms with E-state index >= 15 is 0 Å². The van der Waals surface area contributed by atoms with Gasteiger partial charge in [0.15, 0.2) is 0 Å². The van der Waals surface area contributed by atoms with E-state index in [4.69, 9.17) is 4.74 Å². The zero-order valence-corrected chi connectivity index (χ0v) is 12.5. The van der Waals surface area contributed by atoms with Crippen LogP contribution in [0.5, 0.6) is 0 Å². The average Bonchev–Trinajstić information content (AvgIpc) is 3.13. The van der Waals surface area contributed by atoms with Crippen molar-refractivity contribution in [2.45, 2.75) is 13.3 Å². The number of nitrogens with zero attached hydrogens (tertiary/aromatic N) is 5. The number of ether oxygens (including phenoxy) is 1. The van der Waals surface area contributed by atoms with Crippen molar-refractivity contribution in [2.24, 2.45) is 0 Å². The monoisotopic (exact) mass is 309 g/mol. The first-order valence-electron chi connectivity index (χ1n) is 6.35. The largest absolute Gasteiger partial charge is 0.466 e. The van der Waals surface area contributed by atoms with Gasteiger partial charge in [-0.15, -0.1) is 16.4 Å². The van der Waals surface area contributed by atoms with Gasteiger partial charge >= 0.3 is 5.97 Å². The van der Waals surface area contributed by atoms with Crippen molar-refractivity contribution in [2.75, 3.05) is 20.2 Å². The van der Waals surface area contributed by atoms with Crippen LogP contribution in [0, 0.1) is 0 Å². The van der Waals surface area contributed by atoms with Gasteiger partial charge in [-0.05, 0) is 28.8 Å². The van der Waals surface area contributed by atoms with E-state index in [9.17, 15) is 9.59 Å². The van der Waals surface area contributed by atoms with Gasteiger partial charge in [-0.2, -0.15) is 4.68 Å². The van der Waals surface area contributed by atoms with Crippen molar-refractivity contribution < 1.29 is 14.3 Å². The Kier molecular flexibility index (Phi) is 4.99. The molecule has 2 aromatic rings. The summed E-state index contributed by atoms with van der Waals surface area (Å²) < 4.78 is 6.27. The van der Waals surface area contributed by atoms with Crippen LogP contribution < -0.4 is 0 Å². The van der Waals surface area contributed by atoms with Gasteiger partial charge in [-0.3, -0.25) is 9.59 Å². The molecule has 0 spiro atoms. The molecule has 0 fully saturated rings. The standard InChI is InChI=1S/C12H15N5O3S/c1-3-20-10(18)4-6-16(2)12(19)11-9(5-7-21-11)17-8-13-14-15-17/h5,7-8H,3-4,6H2,1-2H3. The number of carbonyl (C=O) groups excluding carboxylic acids is 2. The molecule has 0 radical (unpaired) electrons. The van der Waals surface area contributed by atoms with Crippen molar-refractivity contribution in [1.29, 1.82) is 0 Å². The molecule has 0 aliphatic rings. The lowest BCUT2D eigenvalue weighted by Crippen LogP contribution is -2.29. The minimum absolute atomic E-state index is 0.168. The zero-order chi connectivity index (χ0) is 15.2. The van der Waals surface area contributed by atoms with Crippen LogP contribution in [0.4, 0.5) is 0 Å². The second-order valence-corrected chi connectivity index (χ2v) is 5.09. The van der Waals surface area contributed by atoms with Crippen LogP contribution in [0.2, 0.25) is 0 Å². The third-order valence-corrected chi connectivity index (χ3v) is 3.63. The van der Waals surface area contributed by atoms with E-state index in [0.29, 0.717) is 23.7 Å². The molecule has 0 saturated heterocycles. The van der Waals surface area contributed by atoms with E-state index in [1.54, 1.807) is 25.4 Å². The number of carbonyl (C=O) groups is 2. The summed E-state index contributed by atoms with van der Waals surface area (Å²) in [6, 6.07) is 1.77. The fourth-order valence-electron chi connectivity index (χ4n) is 1.68. The number of thiophene rings is 1. The maximum Gasteiger partial charge on any atom is 0.307 e. The van der Waals surface area contributed by atoms with Crippen molar-refractivity contribution in [3.05, 3.63) is 22.7 Å². The smallest absolute Gasteiger partial charge is 0.307 e. The SMILES string of the molecule is CCOC(=O)CCN(C)C(=O)c1sccc1-n1cnnn1. The molecule has 21 heavy (non-hydrogen) atoms. The Morgan fingerprint density at radius 3 is 2.95 bits per heavy atom. The lowest BCUT2D eigenvalue weighted by atomic mass is 10.3. The summed E-state index contributed by atoms with van der Waals surface area (Å²) >= 11 is 1.30. The molecule has 2 rings (SSSR count). The summed E-state index contributed by atoms with van der Waals surface area (Å²) in [6.45, 7) is 2.38. The van der Waals surface area contributed by atoms with E-state index in [-0.39, 0.29) is 18.3 Å². The molecule has 2 aromatic heterocycles. The normalized spacial score (nSPS) is 10.4. The highest BCUT2D eigenvalue weighted by molar-refractivity contribution is 7.12. The number of amides is 1. The van der Waals surface area contributed by atoms with Gasteiger partial charge in [-0.1, -0.05) is 0 Å². The van der Waals surface area contributed by atoms with Crippen LogP contribution in [0.15, 0.2) is 17.8 Å². The molecule has 1 amide bonds. The first-order valence-corrected chi connectivity index (χ1v) is 7.23. The molecule has 112 valence electrons. The summed E-state index contributed by atoms with van der Waals surface area (Å²) in [5.41, 5.74) is 0.623. The molecule has 0 atom stereocenters. The van der Waals surface area contributed by atoms with Crippen LogP contribution in [0.1, 0.15) is 23.0 Å². The minimum Gasteiger partial charge on any atom is -0.466 e. The second kappa shape index (κ2) is 6.93. The third-order valence-electron chi connectivity index (χ3n) is 2.74. The van der Waals surface area contributed by atoms with E-state index in [1.165, 1.54) is 27.2 Å². The number of hydrogen-bond acceptors (Lipinski definition) is 7. The van der Waals surface area contributed by atoms with Gasteiger partial charge in [0.05, 0.1) is 18.7 Å². The van der Waals surface area contributed by atoms with Gasteiger partial charge in [0.25, 0.3) is 5.91 Å². The lowest BCUT2D eigenvalue weighted by molar-refractivity contribution is -0.143. The molecule has 0 aliphatic heterocycles. The number of esters is 1. The summed E-state index contributed by atoms with van der Waals surface area (Å²) in [4.78, 5) is 25.7. The van der Waals surface area contributed by atoms with Crippen molar-refractivity contribution >= 4 is 23.2 Å². The zero-order valence-electron chi connectivity index (χ0n) is 11.7. The van der Waals surface area contributed by atoms with Crippen molar-refractivity contribution in [3.63, 3.8) is 0 Å². The summed E-state index contributed by atoms with van der Waals surface area (Å²) in [6.07, 6.45) is 1.60. The fourth-order valence-corrected chi connectivity index (χ4v) is 2.55. The van der Waals surface area contributed by atoms with Crippen LogP contribution in [0.3, 0.4) is 0 Å². The molecule has 0 unspecified atom stereocenters. The Morgan fingerprint density at radius 1 is 1.48 bits per heavy atom. The van der Waals surface area contributed by atoms with Crippen molar-refractivity contribution in [3.8, 4) is 5.69 Å². The Balaban J connectivity index is 2.03. The van der Waals surface area contributed by atoms with Gasteiger partial charge < -0.3 is 9.64 Å². The van der Waals surface area contributed by atoms with Gasteiger partial charge in [-0.25, -0.2) is 0 Å². The highest BCUT2D eigenvalue weighted by Gasteiger charge is 2.19. The summed E-state index contributed by atoms with van der Waals surface area (Å²) in [7, 11) is 1.64. The highest BCUT2D eigenvalue weighted by atomic mass is 32.1. The summed E-state index contributed by atoms with van der Waals surface area (Å²) in [5.74, 6) is -0.496.